The molecule has 0 spiro atoms. The third-order valence-corrected chi connectivity index (χ3v) is 6.08. The van der Waals surface area contributed by atoms with Gasteiger partial charge in [-0.15, -0.1) is 0 Å². The molecule has 0 radical (unpaired) electrons. The summed E-state index contributed by atoms with van der Waals surface area (Å²) in [7, 11) is 0. The summed E-state index contributed by atoms with van der Waals surface area (Å²) in [6, 6.07) is 17.2. The number of rotatable bonds is 9. The second-order valence-corrected chi connectivity index (χ2v) is 8.47. The molecule has 2 aromatic heterocycles. The first-order chi connectivity index (χ1) is 17.3. The van der Waals surface area contributed by atoms with Gasteiger partial charge in [-0.2, -0.15) is 10.2 Å². The predicted molar refractivity (Wildman–Crippen MR) is 137 cm³/mol. The van der Waals surface area contributed by atoms with E-state index in [1.165, 1.54) is 32.3 Å². The lowest BCUT2D eigenvalue weighted by Gasteiger charge is -2.14. The van der Waals surface area contributed by atoms with Crippen LogP contribution in [0.3, 0.4) is 0 Å². The molecule has 1 fully saturated rings. The average molecular weight is 469 g/mol. The van der Waals surface area contributed by atoms with Crippen LogP contribution < -0.4 is 10.7 Å². The van der Waals surface area contributed by atoms with Crippen LogP contribution >= 0.6 is 0 Å². The monoisotopic (exact) mass is 468 g/mol. The van der Waals surface area contributed by atoms with Crippen LogP contribution in [-0.4, -0.2) is 62.9 Å². The number of aromatic nitrogens is 4. The van der Waals surface area contributed by atoms with Gasteiger partial charge in [0, 0.05) is 17.7 Å². The Hall–Kier alpha value is -4.11. The van der Waals surface area contributed by atoms with Gasteiger partial charge in [-0.05, 0) is 57.1 Å². The minimum atomic E-state index is -0.0953. The van der Waals surface area contributed by atoms with Gasteiger partial charge in [0.15, 0.2) is 11.5 Å². The number of nitrogens with one attached hydrogen (secondary N) is 2. The molecular weight excluding hydrogens is 440 g/mol. The zero-order valence-electron chi connectivity index (χ0n) is 19.5. The number of hydrogen-bond donors (Lipinski definition) is 2. The van der Waals surface area contributed by atoms with E-state index in [9.17, 15) is 4.79 Å². The predicted octanol–water partition coefficient (Wildman–Crippen LogP) is 3.48. The van der Waals surface area contributed by atoms with Gasteiger partial charge in [-0.1, -0.05) is 36.4 Å². The lowest BCUT2D eigenvalue weighted by Crippen LogP contribution is -2.29. The Balaban J connectivity index is 1.24. The van der Waals surface area contributed by atoms with Crippen molar-refractivity contribution in [3.63, 3.8) is 0 Å². The van der Waals surface area contributed by atoms with Crippen LogP contribution in [0.25, 0.3) is 16.7 Å². The first kappa shape index (κ1) is 22.7. The Labute approximate surface area is 203 Å². The Bertz CT molecular complexity index is 1310. The molecule has 1 saturated heterocycles. The zero-order valence-corrected chi connectivity index (χ0v) is 19.5. The molecule has 4 aromatic rings. The Morgan fingerprint density at radius 1 is 1.03 bits per heavy atom. The van der Waals surface area contributed by atoms with Crippen LogP contribution in [-0.2, 0) is 0 Å². The van der Waals surface area contributed by atoms with E-state index in [2.05, 4.69) is 35.8 Å². The Kier molecular flexibility index (Phi) is 7.05. The van der Waals surface area contributed by atoms with E-state index in [4.69, 9.17) is 0 Å². The molecule has 3 heterocycles. The van der Waals surface area contributed by atoms with Crippen molar-refractivity contribution in [1.29, 1.82) is 0 Å². The first-order valence-corrected chi connectivity index (χ1v) is 11.9. The van der Waals surface area contributed by atoms with Crippen molar-refractivity contribution < 1.29 is 4.79 Å². The van der Waals surface area contributed by atoms with Crippen LogP contribution in [0.1, 0.15) is 35.2 Å². The number of carbonyl (C=O) groups excluding carboxylic acids is 1. The van der Waals surface area contributed by atoms with E-state index in [1.807, 2.05) is 54.6 Å². The number of benzene rings is 2. The van der Waals surface area contributed by atoms with E-state index >= 15 is 0 Å². The standard InChI is InChI=1S/C26H28N8O/c35-26(27-13-8-16-33-14-6-7-15-33)22-12-5-4-9-20(22)17-30-32-24-23-18-31-34(25(23)29-19-28-24)21-10-2-1-3-11-21/h1-5,9-12,17-19H,6-8,13-16H2,(H,27,35)(H,28,29,32)/b30-17-. The normalized spacial score (nSPS) is 14.1. The fourth-order valence-corrected chi connectivity index (χ4v) is 4.28. The molecule has 5 rings (SSSR count). The number of likely N-dealkylation sites (tertiary alicyclic amines) is 1. The largest absolute Gasteiger partial charge is 0.352 e. The van der Waals surface area contributed by atoms with Crippen LogP contribution in [0.5, 0.6) is 0 Å². The fraction of sp³-hybridized carbons (Fsp3) is 0.269. The highest BCUT2D eigenvalue weighted by atomic mass is 16.1. The van der Waals surface area contributed by atoms with Crippen molar-refractivity contribution >= 4 is 29.0 Å². The number of anilines is 1. The van der Waals surface area contributed by atoms with Crippen LogP contribution in [0, 0.1) is 0 Å². The summed E-state index contributed by atoms with van der Waals surface area (Å²) in [5.74, 6) is 0.444. The second-order valence-electron chi connectivity index (χ2n) is 8.47. The highest BCUT2D eigenvalue weighted by Gasteiger charge is 2.13. The second kappa shape index (κ2) is 10.9. The van der Waals surface area contributed by atoms with E-state index < -0.39 is 0 Å². The molecule has 0 bridgehead atoms. The molecular formula is C26H28N8O. The van der Waals surface area contributed by atoms with E-state index in [0.717, 1.165) is 29.6 Å². The maximum Gasteiger partial charge on any atom is 0.251 e. The third-order valence-electron chi connectivity index (χ3n) is 6.08. The molecule has 0 unspecified atom stereocenters. The van der Waals surface area contributed by atoms with Gasteiger partial charge < -0.3 is 10.2 Å². The summed E-state index contributed by atoms with van der Waals surface area (Å²) in [4.78, 5) is 23.9. The number of fused-ring (bicyclic) bond motifs is 1. The minimum Gasteiger partial charge on any atom is -0.352 e. The zero-order chi connectivity index (χ0) is 23.9. The molecule has 9 nitrogen and oxygen atoms in total. The number of carbonyl (C=O) groups is 1. The molecule has 0 aliphatic carbocycles. The number of nitrogens with zero attached hydrogens (tertiary/aromatic N) is 6. The maximum absolute atomic E-state index is 12.8. The molecule has 178 valence electrons. The topological polar surface area (TPSA) is 100 Å². The molecule has 1 aliphatic heterocycles. The quantitative estimate of drug-likeness (QED) is 0.222. The van der Waals surface area contributed by atoms with Crippen molar-refractivity contribution in [3.8, 4) is 5.69 Å². The van der Waals surface area contributed by atoms with Crippen molar-refractivity contribution in [1.82, 2.24) is 30.0 Å². The lowest BCUT2D eigenvalue weighted by molar-refractivity contribution is 0.0952. The van der Waals surface area contributed by atoms with Crippen molar-refractivity contribution in [2.24, 2.45) is 5.10 Å². The SMILES string of the molecule is O=C(NCCCN1CCCC1)c1ccccc1/C=N\Nc1ncnc2c1cnn2-c1ccccc1. The van der Waals surface area contributed by atoms with Crippen molar-refractivity contribution in [3.05, 3.63) is 78.2 Å². The molecule has 0 saturated carbocycles. The van der Waals surface area contributed by atoms with Gasteiger partial charge in [0.1, 0.15) is 6.33 Å². The highest BCUT2D eigenvalue weighted by Crippen LogP contribution is 2.21. The summed E-state index contributed by atoms with van der Waals surface area (Å²) in [6.45, 7) is 4.03. The number of hydrazone groups is 1. The first-order valence-electron chi connectivity index (χ1n) is 11.9. The van der Waals surface area contributed by atoms with Gasteiger partial charge in [-0.25, -0.2) is 14.6 Å². The third kappa shape index (κ3) is 5.36. The number of para-hydroxylation sites is 1. The van der Waals surface area contributed by atoms with Gasteiger partial charge >= 0.3 is 0 Å². The minimum absolute atomic E-state index is 0.0953. The molecule has 0 atom stereocenters. The van der Waals surface area contributed by atoms with Crippen LogP contribution in [0.2, 0.25) is 0 Å². The molecule has 2 aromatic carbocycles. The highest BCUT2D eigenvalue weighted by molar-refractivity contribution is 6.02. The van der Waals surface area contributed by atoms with Gasteiger partial charge in [0.2, 0.25) is 0 Å². The molecule has 1 aliphatic rings. The van der Waals surface area contributed by atoms with E-state index in [-0.39, 0.29) is 5.91 Å². The fourth-order valence-electron chi connectivity index (χ4n) is 4.28. The van der Waals surface area contributed by atoms with Gasteiger partial charge in [-0.3, -0.25) is 10.2 Å². The molecule has 9 heteroatoms. The number of amides is 1. The summed E-state index contributed by atoms with van der Waals surface area (Å²) in [6.07, 6.45) is 8.33. The molecule has 35 heavy (non-hydrogen) atoms. The average Bonchev–Trinajstić information content (AvgIpc) is 3.58. The van der Waals surface area contributed by atoms with E-state index in [0.29, 0.717) is 23.6 Å². The lowest BCUT2D eigenvalue weighted by atomic mass is 10.1. The van der Waals surface area contributed by atoms with Crippen LogP contribution in [0.15, 0.2) is 72.2 Å². The smallest absolute Gasteiger partial charge is 0.251 e. The Morgan fingerprint density at radius 3 is 2.69 bits per heavy atom. The summed E-state index contributed by atoms with van der Waals surface area (Å²) in [5.41, 5.74) is 5.88. The summed E-state index contributed by atoms with van der Waals surface area (Å²) in [5, 5.41) is 12.6. The van der Waals surface area contributed by atoms with Gasteiger partial charge in [0.25, 0.3) is 5.91 Å². The van der Waals surface area contributed by atoms with Crippen LogP contribution in [0.4, 0.5) is 5.82 Å². The van der Waals surface area contributed by atoms with E-state index in [1.54, 1.807) is 17.1 Å². The maximum atomic E-state index is 12.8. The summed E-state index contributed by atoms with van der Waals surface area (Å²) >= 11 is 0. The van der Waals surface area contributed by atoms with Crippen molar-refractivity contribution in [2.45, 2.75) is 19.3 Å². The van der Waals surface area contributed by atoms with Gasteiger partial charge in [0.05, 0.1) is 23.5 Å². The molecule has 1 amide bonds. The number of hydrogen-bond acceptors (Lipinski definition) is 7. The summed E-state index contributed by atoms with van der Waals surface area (Å²) < 4.78 is 1.76. The Morgan fingerprint density at radius 2 is 1.83 bits per heavy atom. The molecule has 2 N–H and O–H groups in total. The van der Waals surface area contributed by atoms with Crippen molar-refractivity contribution in [2.75, 3.05) is 31.6 Å².